The first-order chi connectivity index (χ1) is 21.0. The van der Waals surface area contributed by atoms with Crippen molar-refractivity contribution in [1.82, 2.24) is 0 Å². The molecule has 44 heavy (non-hydrogen) atoms. The van der Waals surface area contributed by atoms with Gasteiger partial charge < -0.3 is 0 Å². The van der Waals surface area contributed by atoms with Crippen molar-refractivity contribution in [3.63, 3.8) is 0 Å². The largest absolute Gasteiger partial charge is 0.417 e. The molecule has 220 valence electrons. The molecule has 0 amide bonds. The van der Waals surface area contributed by atoms with Gasteiger partial charge in [0.05, 0.1) is 22.6 Å². The average Bonchev–Trinajstić information content (AvgIpc) is 3.06. The normalized spacial score (nSPS) is 17.6. The maximum absolute atomic E-state index is 14.3. The lowest BCUT2D eigenvalue weighted by Gasteiger charge is -2.29. The Morgan fingerprint density at radius 2 is 1.32 bits per heavy atom. The van der Waals surface area contributed by atoms with Crippen LogP contribution in [0.2, 0.25) is 0 Å². The van der Waals surface area contributed by atoms with Crippen molar-refractivity contribution in [2.45, 2.75) is 37.2 Å². The number of halogens is 6. The van der Waals surface area contributed by atoms with Crippen molar-refractivity contribution in [3.8, 4) is 33.6 Å². The molecule has 7 rings (SSSR count). The molecule has 5 aromatic rings. The van der Waals surface area contributed by atoms with E-state index in [1.54, 1.807) is 16.8 Å². The molecule has 0 aliphatic carbocycles. The highest BCUT2D eigenvalue weighted by atomic mass is 19.4. The van der Waals surface area contributed by atoms with E-state index in [4.69, 9.17) is 0 Å². The zero-order valence-electron chi connectivity index (χ0n) is 23.3. The summed E-state index contributed by atoms with van der Waals surface area (Å²) in [6.45, 7) is 4.50. The molecule has 4 heterocycles. The molecule has 0 fully saturated rings. The van der Waals surface area contributed by atoms with Gasteiger partial charge in [0.1, 0.15) is 0 Å². The van der Waals surface area contributed by atoms with Crippen LogP contribution in [0.25, 0.3) is 39.3 Å². The van der Waals surface area contributed by atoms with Gasteiger partial charge in [0.2, 0.25) is 23.1 Å². The molecule has 3 aromatic carbocycles. The summed E-state index contributed by atoms with van der Waals surface area (Å²) in [5, 5.41) is 0. The molecule has 0 radical (unpaired) electrons. The van der Waals surface area contributed by atoms with Crippen molar-refractivity contribution >= 4 is 5.70 Å². The highest BCUT2D eigenvalue weighted by Crippen LogP contribution is 2.47. The predicted molar refractivity (Wildman–Crippen MR) is 155 cm³/mol. The minimum Gasteiger partial charge on any atom is -0.184 e. The third-order valence-corrected chi connectivity index (χ3v) is 8.77. The van der Waals surface area contributed by atoms with Crippen LogP contribution in [0, 0.1) is 0 Å². The molecule has 2 aromatic heterocycles. The first-order valence-corrected chi connectivity index (χ1v) is 14.2. The van der Waals surface area contributed by atoms with E-state index >= 15 is 0 Å². The van der Waals surface area contributed by atoms with Gasteiger partial charge in [-0.25, -0.2) is 0 Å². The number of aryl methyl sites for hydroxylation is 1. The van der Waals surface area contributed by atoms with Crippen molar-refractivity contribution in [3.05, 3.63) is 138 Å². The van der Waals surface area contributed by atoms with Gasteiger partial charge in [-0.2, -0.15) is 35.5 Å². The van der Waals surface area contributed by atoms with E-state index in [9.17, 15) is 26.3 Å². The number of rotatable bonds is 1. The van der Waals surface area contributed by atoms with Crippen LogP contribution in [0.15, 0.2) is 116 Å². The number of nitrogens with zero attached hydrogens (tertiary/aromatic N) is 2. The van der Waals surface area contributed by atoms with Gasteiger partial charge in [0.25, 0.3) is 0 Å². The number of hydrogen-bond donors (Lipinski definition) is 0. The first-order valence-electron chi connectivity index (χ1n) is 14.2. The number of benzene rings is 3. The minimum absolute atomic E-state index is 0.106. The Kier molecular flexibility index (Phi) is 6.50. The number of fused-ring (bicyclic) bond motifs is 9. The van der Waals surface area contributed by atoms with Crippen molar-refractivity contribution in [2.24, 2.45) is 0 Å². The van der Waals surface area contributed by atoms with E-state index in [1.165, 1.54) is 0 Å². The summed E-state index contributed by atoms with van der Waals surface area (Å²) in [6.07, 6.45) is -6.13. The Morgan fingerprint density at radius 1 is 0.636 bits per heavy atom. The molecule has 2 nitrogen and oxygen atoms in total. The van der Waals surface area contributed by atoms with Crippen molar-refractivity contribution < 1.29 is 35.5 Å². The smallest absolute Gasteiger partial charge is 0.184 e. The molecule has 0 spiro atoms. The van der Waals surface area contributed by atoms with Gasteiger partial charge in [-0.1, -0.05) is 48.5 Å². The average molecular weight is 601 g/mol. The molecule has 2 atom stereocenters. The van der Waals surface area contributed by atoms with E-state index in [0.717, 1.165) is 27.9 Å². The third kappa shape index (κ3) is 4.60. The van der Waals surface area contributed by atoms with Gasteiger partial charge in [-0.15, -0.1) is 0 Å². The molecular weight excluding hydrogens is 574 g/mol. The van der Waals surface area contributed by atoms with Crippen LogP contribution < -0.4 is 9.13 Å². The third-order valence-electron chi connectivity index (χ3n) is 8.77. The van der Waals surface area contributed by atoms with Crippen LogP contribution in [-0.4, -0.2) is 0 Å². The second kappa shape index (κ2) is 10.2. The van der Waals surface area contributed by atoms with Gasteiger partial charge in [0, 0.05) is 29.8 Å². The SMILES string of the molecule is C=C1C2C(CCc3cc(C(F)(F)F)c(C(F)(F)F)cc3-c3cc(-c4ccccc4)cc[n+]31)c1ccccc1-c1cccc[n+]12. The second-order valence-electron chi connectivity index (χ2n) is 11.2. The van der Waals surface area contributed by atoms with E-state index in [2.05, 4.69) is 11.1 Å². The summed E-state index contributed by atoms with van der Waals surface area (Å²) in [4.78, 5) is 0. The molecule has 2 aliphatic rings. The van der Waals surface area contributed by atoms with Crippen LogP contribution in [0.4, 0.5) is 26.3 Å². The van der Waals surface area contributed by atoms with Crippen LogP contribution in [0.3, 0.4) is 0 Å². The van der Waals surface area contributed by atoms with Gasteiger partial charge >= 0.3 is 12.4 Å². The molecular formula is C36H26F6N2+2. The maximum atomic E-state index is 14.3. The number of allylic oxidation sites excluding steroid dienone is 1. The summed E-state index contributed by atoms with van der Waals surface area (Å²) in [7, 11) is 0. The minimum atomic E-state index is -5.21. The Balaban J connectivity index is 1.54. The summed E-state index contributed by atoms with van der Waals surface area (Å²) in [5.41, 5.74) is 2.45. The van der Waals surface area contributed by atoms with E-state index in [0.29, 0.717) is 29.9 Å². The van der Waals surface area contributed by atoms with Gasteiger partial charge in [0.15, 0.2) is 12.4 Å². The van der Waals surface area contributed by atoms with E-state index in [1.807, 2.05) is 85.1 Å². The number of pyridine rings is 2. The van der Waals surface area contributed by atoms with Crippen LogP contribution >= 0.6 is 0 Å². The molecule has 2 aliphatic heterocycles. The van der Waals surface area contributed by atoms with E-state index in [-0.39, 0.29) is 29.5 Å². The summed E-state index contributed by atoms with van der Waals surface area (Å²) < 4.78 is 89.1. The Morgan fingerprint density at radius 3 is 2.07 bits per heavy atom. The van der Waals surface area contributed by atoms with Crippen LogP contribution in [0.5, 0.6) is 0 Å². The van der Waals surface area contributed by atoms with Gasteiger partial charge in [-0.05, 0) is 65.9 Å². The molecule has 0 saturated heterocycles. The quantitative estimate of drug-likeness (QED) is 0.134. The maximum Gasteiger partial charge on any atom is 0.417 e. The number of hydrogen-bond acceptors (Lipinski definition) is 0. The fourth-order valence-electron chi connectivity index (χ4n) is 6.83. The standard InChI is InChI=1S/C36H26F6N2/c1-22-34-28(26-11-5-6-12-27(26)32-13-7-8-17-44(32)34)15-14-25-19-30(35(37,38)39)31(36(40,41)42)21-29(25)33-20-24(16-18-43(22)33)23-9-3-2-4-10-23/h2-13,16-21,28,34H,1,14-15H2/q+2. The number of alkyl halides is 6. The summed E-state index contributed by atoms with van der Waals surface area (Å²) in [5.74, 6) is -0.199. The fourth-order valence-corrected chi connectivity index (χ4v) is 6.83. The lowest BCUT2D eigenvalue weighted by atomic mass is 9.78. The lowest BCUT2D eigenvalue weighted by Crippen LogP contribution is -2.53. The predicted octanol–water partition coefficient (Wildman–Crippen LogP) is 9.06. The second-order valence-corrected chi connectivity index (χ2v) is 11.2. The van der Waals surface area contributed by atoms with Crippen LogP contribution in [0.1, 0.15) is 40.6 Å². The van der Waals surface area contributed by atoms with Crippen molar-refractivity contribution in [1.29, 1.82) is 0 Å². The molecule has 0 N–H and O–H groups in total. The van der Waals surface area contributed by atoms with Gasteiger partial charge in [-0.3, -0.25) is 0 Å². The molecule has 0 bridgehead atoms. The fraction of sp³-hybridized carbons (Fsp3) is 0.167. The highest BCUT2D eigenvalue weighted by molar-refractivity contribution is 5.73. The lowest BCUT2D eigenvalue weighted by molar-refractivity contribution is -0.727. The zero-order valence-corrected chi connectivity index (χ0v) is 23.3. The highest BCUT2D eigenvalue weighted by Gasteiger charge is 2.48. The molecule has 2 unspecified atom stereocenters. The number of aromatic nitrogens is 2. The zero-order chi connectivity index (χ0) is 30.8. The summed E-state index contributed by atoms with van der Waals surface area (Å²) in [6, 6.07) is 27.8. The Hall–Kier alpha value is -4.72. The van der Waals surface area contributed by atoms with Crippen LogP contribution in [-0.2, 0) is 18.8 Å². The van der Waals surface area contributed by atoms with Crippen molar-refractivity contribution in [2.75, 3.05) is 0 Å². The summed E-state index contributed by atoms with van der Waals surface area (Å²) >= 11 is 0. The molecule has 0 saturated carbocycles. The molecule has 8 heteroatoms. The topological polar surface area (TPSA) is 7.76 Å². The Labute approximate surface area is 250 Å². The van der Waals surface area contributed by atoms with E-state index < -0.39 is 23.5 Å². The first kappa shape index (κ1) is 28.1. The monoisotopic (exact) mass is 600 g/mol. The Bertz CT molecular complexity index is 1920.